The van der Waals surface area contributed by atoms with Crippen molar-refractivity contribution in [3.8, 4) is 5.69 Å². The maximum atomic E-state index is 12.0. The largest absolute Gasteiger partial charge is 0.353 e. The van der Waals surface area contributed by atoms with Gasteiger partial charge in [-0.25, -0.2) is 0 Å². The Morgan fingerprint density at radius 3 is 3.09 bits per heavy atom. The molecule has 3 rings (SSSR count). The number of nitrogens with zero attached hydrogens (tertiary/aromatic N) is 4. The Labute approximate surface area is 137 Å². The molecule has 22 heavy (non-hydrogen) atoms. The minimum atomic E-state index is 0.00467. The fourth-order valence-electron chi connectivity index (χ4n) is 2.18. The van der Waals surface area contributed by atoms with Gasteiger partial charge in [0, 0.05) is 11.1 Å². The van der Waals surface area contributed by atoms with Crippen LogP contribution in [-0.4, -0.2) is 37.9 Å². The van der Waals surface area contributed by atoms with Crippen LogP contribution in [0.4, 0.5) is 0 Å². The van der Waals surface area contributed by atoms with Crippen molar-refractivity contribution in [2.45, 2.75) is 31.0 Å². The third-order valence-corrected chi connectivity index (χ3v) is 4.70. The summed E-state index contributed by atoms with van der Waals surface area (Å²) in [6.07, 6.45) is 2.42. The minimum absolute atomic E-state index is 0.00467. The smallest absolute Gasteiger partial charge is 0.230 e. The van der Waals surface area contributed by atoms with Crippen molar-refractivity contribution in [3.05, 3.63) is 29.3 Å². The molecule has 1 aliphatic carbocycles. The molecule has 1 N–H and O–H groups in total. The third-order valence-electron chi connectivity index (χ3n) is 3.54. The van der Waals surface area contributed by atoms with Gasteiger partial charge in [0.2, 0.25) is 11.1 Å². The number of nitrogens with one attached hydrogen (secondary N) is 1. The molecule has 1 aromatic heterocycles. The van der Waals surface area contributed by atoms with E-state index < -0.39 is 0 Å². The highest BCUT2D eigenvalue weighted by atomic mass is 35.5. The molecule has 0 spiro atoms. The van der Waals surface area contributed by atoms with Gasteiger partial charge in [0.15, 0.2) is 0 Å². The number of tetrazole rings is 1. The van der Waals surface area contributed by atoms with Gasteiger partial charge in [0.1, 0.15) is 0 Å². The Kier molecular flexibility index (Phi) is 4.63. The lowest BCUT2D eigenvalue weighted by Gasteiger charge is -2.12. The Bertz CT molecular complexity index is 673. The van der Waals surface area contributed by atoms with Gasteiger partial charge in [-0.15, -0.1) is 5.10 Å². The number of hydrogen-bond acceptors (Lipinski definition) is 5. The molecule has 8 heteroatoms. The summed E-state index contributed by atoms with van der Waals surface area (Å²) in [7, 11) is 0. The van der Waals surface area contributed by atoms with Crippen molar-refractivity contribution in [1.82, 2.24) is 25.5 Å². The van der Waals surface area contributed by atoms with E-state index >= 15 is 0 Å². The zero-order valence-corrected chi connectivity index (χ0v) is 13.6. The van der Waals surface area contributed by atoms with Gasteiger partial charge in [-0.3, -0.25) is 4.79 Å². The molecule has 0 saturated heterocycles. The van der Waals surface area contributed by atoms with E-state index in [1.165, 1.54) is 24.6 Å². The summed E-state index contributed by atoms with van der Waals surface area (Å²) in [6.45, 7) is 2.05. The van der Waals surface area contributed by atoms with E-state index in [1.807, 2.05) is 12.1 Å². The van der Waals surface area contributed by atoms with Crippen molar-refractivity contribution >= 4 is 29.3 Å². The first-order valence-corrected chi connectivity index (χ1v) is 8.46. The summed E-state index contributed by atoms with van der Waals surface area (Å²) in [5.41, 5.74) is 0.770. The van der Waals surface area contributed by atoms with Gasteiger partial charge in [-0.1, -0.05) is 29.4 Å². The Balaban J connectivity index is 1.61. The molecule has 1 heterocycles. The first-order chi connectivity index (χ1) is 10.6. The van der Waals surface area contributed by atoms with Crippen LogP contribution in [0.15, 0.2) is 29.4 Å². The molecule has 1 amide bonds. The van der Waals surface area contributed by atoms with Crippen LogP contribution in [0, 0.1) is 5.92 Å². The minimum Gasteiger partial charge on any atom is -0.353 e. The zero-order valence-electron chi connectivity index (χ0n) is 12.1. The molecule has 1 atom stereocenters. The summed E-state index contributed by atoms with van der Waals surface area (Å²) in [4.78, 5) is 12.0. The Hall–Kier alpha value is -1.60. The Morgan fingerprint density at radius 1 is 1.55 bits per heavy atom. The fraction of sp³-hybridized carbons (Fsp3) is 0.429. The lowest BCUT2D eigenvalue weighted by Crippen LogP contribution is -2.35. The number of thioether (sulfide) groups is 1. The average Bonchev–Trinajstić information content (AvgIpc) is 3.24. The highest BCUT2D eigenvalue weighted by Gasteiger charge is 2.28. The lowest BCUT2D eigenvalue weighted by molar-refractivity contribution is -0.119. The van der Waals surface area contributed by atoms with Gasteiger partial charge in [0.25, 0.3) is 0 Å². The lowest BCUT2D eigenvalue weighted by atomic mass is 10.2. The fourth-order valence-corrected chi connectivity index (χ4v) is 3.07. The van der Waals surface area contributed by atoms with Crippen LogP contribution in [0.5, 0.6) is 0 Å². The van der Waals surface area contributed by atoms with E-state index in [4.69, 9.17) is 11.6 Å². The van der Waals surface area contributed by atoms with Crippen molar-refractivity contribution < 1.29 is 4.79 Å². The van der Waals surface area contributed by atoms with Crippen LogP contribution in [0.3, 0.4) is 0 Å². The van der Waals surface area contributed by atoms with Crippen LogP contribution in [-0.2, 0) is 4.79 Å². The Morgan fingerprint density at radius 2 is 2.36 bits per heavy atom. The first kappa shape index (κ1) is 15.3. The summed E-state index contributed by atoms with van der Waals surface area (Å²) in [5, 5.41) is 15.8. The van der Waals surface area contributed by atoms with Crippen LogP contribution < -0.4 is 5.32 Å². The number of carbonyl (C=O) groups is 1. The number of carbonyl (C=O) groups excluding carboxylic acids is 1. The maximum absolute atomic E-state index is 12.0. The molecule has 1 aromatic carbocycles. The van der Waals surface area contributed by atoms with Crippen LogP contribution >= 0.6 is 23.4 Å². The second kappa shape index (κ2) is 6.66. The standard InChI is InChI=1S/C14H16ClN5OS/c1-9(10-5-6-10)16-13(21)8-22-14-17-18-19-20(14)12-4-2-3-11(15)7-12/h2-4,7,9-10H,5-6,8H2,1H3,(H,16,21). The normalized spacial score (nSPS) is 15.5. The van der Waals surface area contributed by atoms with E-state index in [9.17, 15) is 4.79 Å². The van der Waals surface area contributed by atoms with E-state index in [-0.39, 0.29) is 17.7 Å². The second-order valence-electron chi connectivity index (χ2n) is 5.34. The molecule has 0 radical (unpaired) electrons. The number of amides is 1. The first-order valence-electron chi connectivity index (χ1n) is 7.10. The second-order valence-corrected chi connectivity index (χ2v) is 6.71. The molecule has 1 saturated carbocycles. The highest BCUT2D eigenvalue weighted by Crippen LogP contribution is 2.32. The van der Waals surface area contributed by atoms with Crippen molar-refractivity contribution in [3.63, 3.8) is 0 Å². The van der Waals surface area contributed by atoms with Crippen molar-refractivity contribution in [2.24, 2.45) is 5.92 Å². The molecule has 116 valence electrons. The topological polar surface area (TPSA) is 72.7 Å². The molecule has 1 aliphatic rings. The van der Waals surface area contributed by atoms with E-state index in [1.54, 1.807) is 16.8 Å². The summed E-state index contributed by atoms with van der Waals surface area (Å²) in [6, 6.07) is 7.50. The monoisotopic (exact) mass is 337 g/mol. The van der Waals surface area contributed by atoms with Crippen LogP contribution in [0.25, 0.3) is 5.69 Å². The number of benzene rings is 1. The number of aromatic nitrogens is 4. The third kappa shape index (κ3) is 3.78. The van der Waals surface area contributed by atoms with Crippen molar-refractivity contribution in [1.29, 1.82) is 0 Å². The maximum Gasteiger partial charge on any atom is 0.230 e. The number of hydrogen-bond donors (Lipinski definition) is 1. The van der Waals surface area contributed by atoms with Gasteiger partial charge in [0.05, 0.1) is 11.4 Å². The predicted octanol–water partition coefficient (Wildman–Crippen LogP) is 2.32. The molecule has 0 bridgehead atoms. The van der Waals surface area contributed by atoms with Gasteiger partial charge in [-0.2, -0.15) is 4.68 Å². The molecule has 6 nitrogen and oxygen atoms in total. The summed E-state index contributed by atoms with van der Waals surface area (Å²) < 4.78 is 1.58. The highest BCUT2D eigenvalue weighted by molar-refractivity contribution is 7.99. The van der Waals surface area contributed by atoms with Crippen LogP contribution in [0.1, 0.15) is 19.8 Å². The summed E-state index contributed by atoms with van der Waals surface area (Å²) in [5.74, 6) is 0.939. The SMILES string of the molecule is CC(NC(=O)CSc1nnnn1-c1cccc(Cl)c1)C1CC1. The molecule has 1 unspecified atom stereocenters. The van der Waals surface area contributed by atoms with E-state index in [0.717, 1.165) is 5.69 Å². The molecule has 0 aliphatic heterocycles. The molecular formula is C14H16ClN5OS. The van der Waals surface area contributed by atoms with Crippen molar-refractivity contribution in [2.75, 3.05) is 5.75 Å². The van der Waals surface area contributed by atoms with E-state index in [2.05, 4.69) is 27.8 Å². The van der Waals surface area contributed by atoms with Gasteiger partial charge < -0.3 is 5.32 Å². The van der Waals surface area contributed by atoms with Gasteiger partial charge in [-0.05, 0) is 54.3 Å². The summed E-state index contributed by atoms with van der Waals surface area (Å²) >= 11 is 7.29. The number of rotatable bonds is 6. The predicted molar refractivity (Wildman–Crippen MR) is 85.2 cm³/mol. The van der Waals surface area contributed by atoms with E-state index in [0.29, 0.717) is 16.1 Å². The van der Waals surface area contributed by atoms with Crippen LogP contribution in [0.2, 0.25) is 5.02 Å². The molecular weight excluding hydrogens is 322 g/mol. The molecule has 1 fully saturated rings. The molecule has 2 aromatic rings. The zero-order chi connectivity index (χ0) is 15.5. The number of halogens is 1. The average molecular weight is 338 g/mol. The quantitative estimate of drug-likeness (QED) is 0.819. The van der Waals surface area contributed by atoms with Gasteiger partial charge >= 0.3 is 0 Å².